The molecule has 0 spiro atoms. The molecule has 1 saturated heterocycles. The molecule has 2 aliphatic rings. The molecule has 0 radical (unpaired) electrons. The van der Waals surface area contributed by atoms with Crippen molar-refractivity contribution < 1.29 is 0 Å². The molecule has 0 aromatic heterocycles. The van der Waals surface area contributed by atoms with E-state index in [-0.39, 0.29) is 0 Å². The molecule has 3 unspecified atom stereocenters. The predicted octanol–water partition coefficient (Wildman–Crippen LogP) is 3.41. The van der Waals surface area contributed by atoms with Gasteiger partial charge in [0.1, 0.15) is 0 Å². The van der Waals surface area contributed by atoms with E-state index in [1.807, 2.05) is 0 Å². The molecule has 2 nitrogen and oxygen atoms in total. The van der Waals surface area contributed by atoms with Crippen molar-refractivity contribution in [2.45, 2.75) is 70.8 Å². The summed E-state index contributed by atoms with van der Waals surface area (Å²) in [6.07, 6.45) is 11.1. The highest BCUT2D eigenvalue weighted by Crippen LogP contribution is 2.41. The van der Waals surface area contributed by atoms with Gasteiger partial charge >= 0.3 is 0 Å². The summed E-state index contributed by atoms with van der Waals surface area (Å²) in [7, 11) is 0. The van der Waals surface area contributed by atoms with Crippen LogP contribution < -0.4 is 5.73 Å². The Morgan fingerprint density at radius 2 is 1.61 bits per heavy atom. The molecule has 2 heteroatoms. The first-order valence-electron chi connectivity index (χ1n) is 8.14. The van der Waals surface area contributed by atoms with Crippen LogP contribution in [0.3, 0.4) is 0 Å². The van der Waals surface area contributed by atoms with E-state index in [9.17, 15) is 0 Å². The largest absolute Gasteiger partial charge is 0.329 e. The van der Waals surface area contributed by atoms with Crippen LogP contribution in [0.1, 0.15) is 65.2 Å². The van der Waals surface area contributed by atoms with E-state index in [1.54, 1.807) is 0 Å². The molecule has 0 aromatic rings. The molecule has 1 saturated carbocycles. The first kappa shape index (κ1) is 14.3. The van der Waals surface area contributed by atoms with Crippen LogP contribution in [0.5, 0.6) is 0 Å². The summed E-state index contributed by atoms with van der Waals surface area (Å²) >= 11 is 0. The molecule has 3 atom stereocenters. The van der Waals surface area contributed by atoms with Crippen molar-refractivity contribution in [2.75, 3.05) is 19.6 Å². The van der Waals surface area contributed by atoms with Gasteiger partial charge in [0.25, 0.3) is 0 Å². The van der Waals surface area contributed by atoms with E-state index in [4.69, 9.17) is 5.73 Å². The van der Waals surface area contributed by atoms with Crippen LogP contribution >= 0.6 is 0 Å². The highest BCUT2D eigenvalue weighted by atomic mass is 15.2. The fourth-order valence-electron chi connectivity index (χ4n) is 4.26. The van der Waals surface area contributed by atoms with Crippen molar-refractivity contribution in [3.05, 3.63) is 0 Å². The zero-order chi connectivity index (χ0) is 13.0. The molecule has 2 fully saturated rings. The lowest BCUT2D eigenvalue weighted by Crippen LogP contribution is -2.61. The van der Waals surface area contributed by atoms with Gasteiger partial charge in [-0.25, -0.2) is 0 Å². The van der Waals surface area contributed by atoms with Gasteiger partial charge in [-0.15, -0.1) is 0 Å². The number of nitrogens with two attached hydrogens (primary N) is 1. The Bertz CT molecular complexity index is 245. The minimum Gasteiger partial charge on any atom is -0.329 e. The highest BCUT2D eigenvalue weighted by molar-refractivity contribution is 5.00. The monoisotopic (exact) mass is 252 g/mol. The maximum atomic E-state index is 6.27. The Hall–Kier alpha value is -0.0800. The van der Waals surface area contributed by atoms with E-state index in [0.29, 0.717) is 5.54 Å². The third-order valence-corrected chi connectivity index (χ3v) is 5.55. The molecule has 0 aromatic carbocycles. The van der Waals surface area contributed by atoms with Crippen LogP contribution in [0.15, 0.2) is 0 Å². The Morgan fingerprint density at radius 1 is 1.00 bits per heavy atom. The molecular weight excluding hydrogens is 220 g/mol. The molecule has 0 amide bonds. The second kappa shape index (κ2) is 6.38. The number of likely N-dealkylation sites (tertiary alicyclic amines) is 1. The van der Waals surface area contributed by atoms with E-state index >= 15 is 0 Å². The van der Waals surface area contributed by atoms with Crippen LogP contribution in [-0.2, 0) is 0 Å². The lowest BCUT2D eigenvalue weighted by molar-refractivity contribution is -0.00849. The Balaban J connectivity index is 2.12. The molecular formula is C16H32N2. The fraction of sp³-hybridized carbons (Fsp3) is 1.00. The van der Waals surface area contributed by atoms with Crippen molar-refractivity contribution in [3.8, 4) is 0 Å². The molecule has 1 aliphatic heterocycles. The van der Waals surface area contributed by atoms with Crippen molar-refractivity contribution >= 4 is 0 Å². The summed E-state index contributed by atoms with van der Waals surface area (Å²) < 4.78 is 0. The topological polar surface area (TPSA) is 29.3 Å². The van der Waals surface area contributed by atoms with Gasteiger partial charge in [0, 0.05) is 12.1 Å². The molecule has 2 N–H and O–H groups in total. The predicted molar refractivity (Wildman–Crippen MR) is 78.6 cm³/mol. The normalized spacial score (nSPS) is 40.2. The first-order chi connectivity index (χ1) is 8.69. The molecule has 1 aliphatic carbocycles. The Morgan fingerprint density at radius 3 is 2.22 bits per heavy atom. The summed E-state index contributed by atoms with van der Waals surface area (Å²) in [4.78, 5) is 2.78. The minimum absolute atomic E-state index is 0.314. The second-order valence-corrected chi connectivity index (χ2v) is 6.85. The van der Waals surface area contributed by atoms with Gasteiger partial charge in [0.15, 0.2) is 0 Å². The fourth-order valence-corrected chi connectivity index (χ4v) is 4.26. The van der Waals surface area contributed by atoms with Crippen molar-refractivity contribution in [1.29, 1.82) is 0 Å². The Kier molecular flexibility index (Phi) is 5.08. The van der Waals surface area contributed by atoms with Gasteiger partial charge < -0.3 is 5.73 Å². The molecule has 106 valence electrons. The number of nitrogens with zero attached hydrogens (tertiary/aromatic N) is 1. The smallest absolute Gasteiger partial charge is 0.0359 e. The van der Waals surface area contributed by atoms with Gasteiger partial charge in [0.2, 0.25) is 0 Å². The molecule has 18 heavy (non-hydrogen) atoms. The van der Waals surface area contributed by atoms with Crippen LogP contribution in [0.4, 0.5) is 0 Å². The molecule has 1 heterocycles. The standard InChI is InChI=1S/C16H32N2/c1-14-8-9-15(2)16(12-14,13-17)18-10-6-4-3-5-7-11-18/h14-15H,3-13,17H2,1-2H3. The molecule has 0 bridgehead atoms. The van der Waals surface area contributed by atoms with Gasteiger partial charge in [0.05, 0.1) is 0 Å². The average Bonchev–Trinajstić information content (AvgIpc) is 2.32. The van der Waals surface area contributed by atoms with Crippen LogP contribution in [0.2, 0.25) is 0 Å². The quantitative estimate of drug-likeness (QED) is 0.816. The number of hydrogen-bond donors (Lipinski definition) is 1. The SMILES string of the molecule is CC1CCC(C)C(CN)(N2CCCCCCC2)C1. The van der Waals surface area contributed by atoms with Crippen molar-refractivity contribution in [1.82, 2.24) is 4.90 Å². The van der Waals surface area contributed by atoms with E-state index in [0.717, 1.165) is 18.4 Å². The lowest BCUT2D eigenvalue weighted by Gasteiger charge is -2.52. The first-order valence-corrected chi connectivity index (χ1v) is 8.14. The zero-order valence-corrected chi connectivity index (χ0v) is 12.5. The van der Waals surface area contributed by atoms with Crippen LogP contribution in [-0.4, -0.2) is 30.1 Å². The summed E-state index contributed by atoms with van der Waals surface area (Å²) in [5.74, 6) is 1.63. The van der Waals surface area contributed by atoms with Gasteiger partial charge in [-0.3, -0.25) is 4.90 Å². The van der Waals surface area contributed by atoms with E-state index in [2.05, 4.69) is 18.7 Å². The minimum atomic E-state index is 0.314. The maximum Gasteiger partial charge on any atom is 0.0359 e. The third-order valence-electron chi connectivity index (χ3n) is 5.55. The van der Waals surface area contributed by atoms with Gasteiger partial charge in [-0.05, 0) is 50.6 Å². The van der Waals surface area contributed by atoms with Gasteiger partial charge in [-0.1, -0.05) is 39.5 Å². The summed E-state index contributed by atoms with van der Waals surface area (Å²) in [6, 6.07) is 0. The van der Waals surface area contributed by atoms with Gasteiger partial charge in [-0.2, -0.15) is 0 Å². The maximum absolute atomic E-state index is 6.27. The van der Waals surface area contributed by atoms with Crippen LogP contribution in [0, 0.1) is 11.8 Å². The lowest BCUT2D eigenvalue weighted by atomic mass is 9.68. The second-order valence-electron chi connectivity index (χ2n) is 6.85. The number of rotatable bonds is 2. The summed E-state index contributed by atoms with van der Waals surface area (Å²) in [5.41, 5.74) is 6.58. The zero-order valence-electron chi connectivity index (χ0n) is 12.5. The summed E-state index contributed by atoms with van der Waals surface area (Å²) in [5, 5.41) is 0. The van der Waals surface area contributed by atoms with Crippen molar-refractivity contribution in [2.24, 2.45) is 17.6 Å². The highest BCUT2D eigenvalue weighted by Gasteiger charge is 2.43. The Labute approximate surface area is 113 Å². The number of hydrogen-bond acceptors (Lipinski definition) is 2. The van der Waals surface area contributed by atoms with Crippen molar-refractivity contribution in [3.63, 3.8) is 0 Å². The van der Waals surface area contributed by atoms with E-state index < -0.39 is 0 Å². The van der Waals surface area contributed by atoms with Crippen LogP contribution in [0.25, 0.3) is 0 Å². The van der Waals surface area contributed by atoms with E-state index in [1.165, 1.54) is 64.5 Å². The third kappa shape index (κ3) is 2.91. The molecule has 2 rings (SSSR count). The summed E-state index contributed by atoms with van der Waals surface area (Å²) in [6.45, 7) is 8.29. The average molecular weight is 252 g/mol.